The first kappa shape index (κ1) is 16.9. The Morgan fingerprint density at radius 1 is 1.25 bits per heavy atom. The fourth-order valence-corrected chi connectivity index (χ4v) is 3.59. The second kappa shape index (κ2) is 6.90. The molecule has 128 valence electrons. The molecule has 1 aromatic carbocycles. The van der Waals surface area contributed by atoms with Crippen molar-refractivity contribution >= 4 is 39.4 Å². The van der Waals surface area contributed by atoms with Gasteiger partial charge in [-0.2, -0.15) is 0 Å². The second-order valence-corrected chi connectivity index (χ2v) is 6.60. The molecule has 2 amide bonds. The molecule has 0 saturated carbocycles. The van der Waals surface area contributed by atoms with Gasteiger partial charge in [-0.3, -0.25) is 9.59 Å². The van der Waals surface area contributed by atoms with Crippen molar-refractivity contribution in [3.8, 4) is 0 Å². The normalized spacial score (nSPS) is 24.3. The van der Waals surface area contributed by atoms with E-state index in [0.29, 0.717) is 13.0 Å². The van der Waals surface area contributed by atoms with Crippen LogP contribution in [0.2, 0.25) is 0 Å². The predicted molar refractivity (Wildman–Crippen MR) is 88.6 cm³/mol. The van der Waals surface area contributed by atoms with Gasteiger partial charge in [0.25, 0.3) is 0 Å². The van der Waals surface area contributed by atoms with Crippen LogP contribution in [0.3, 0.4) is 0 Å². The van der Waals surface area contributed by atoms with Gasteiger partial charge in [0.1, 0.15) is 5.92 Å². The Kier molecular flexibility index (Phi) is 4.86. The van der Waals surface area contributed by atoms with Gasteiger partial charge in [0.05, 0.1) is 18.9 Å². The Morgan fingerprint density at radius 3 is 2.71 bits per heavy atom. The fraction of sp³-hybridized carbons (Fsp3) is 0.438. The van der Waals surface area contributed by atoms with E-state index in [9.17, 15) is 19.5 Å². The zero-order valence-electron chi connectivity index (χ0n) is 12.9. The van der Waals surface area contributed by atoms with Gasteiger partial charge in [0.15, 0.2) is 6.04 Å². The zero-order valence-corrected chi connectivity index (χ0v) is 14.4. The molecule has 1 aromatic rings. The number of carbonyl (C=O) groups is 3. The largest absolute Gasteiger partial charge is 0.480 e. The number of para-hydroxylation sites is 1. The highest BCUT2D eigenvalue weighted by Gasteiger charge is 2.43. The topological polar surface area (TPSA) is 87.2 Å². The summed E-state index contributed by atoms with van der Waals surface area (Å²) in [6.07, 6.45) is 0.378. The first-order chi connectivity index (χ1) is 11.5. The molecule has 0 aromatic heterocycles. The number of halogens is 1. The summed E-state index contributed by atoms with van der Waals surface area (Å²) in [5.74, 6) is -2.67. The summed E-state index contributed by atoms with van der Waals surface area (Å²) >= 11 is 3.41. The fourth-order valence-electron chi connectivity index (χ4n) is 3.09. The Hall–Kier alpha value is -1.93. The van der Waals surface area contributed by atoms with E-state index in [1.807, 2.05) is 24.3 Å². The molecule has 2 saturated heterocycles. The summed E-state index contributed by atoms with van der Waals surface area (Å²) in [6, 6.07) is 6.29. The number of aliphatic carboxylic acids is 1. The number of carboxylic acids is 1. The maximum Gasteiger partial charge on any atom is 0.328 e. The number of amides is 2. The lowest BCUT2D eigenvalue weighted by atomic mass is 10.0. The Labute approximate surface area is 147 Å². The van der Waals surface area contributed by atoms with Gasteiger partial charge >= 0.3 is 5.97 Å². The van der Waals surface area contributed by atoms with Crippen LogP contribution in [0, 0.1) is 5.92 Å². The van der Waals surface area contributed by atoms with Gasteiger partial charge in [0.2, 0.25) is 11.8 Å². The summed E-state index contributed by atoms with van der Waals surface area (Å²) in [4.78, 5) is 39.6. The monoisotopic (exact) mass is 396 g/mol. The summed E-state index contributed by atoms with van der Waals surface area (Å²) in [5.41, 5.74) is 0.717. The first-order valence-corrected chi connectivity index (χ1v) is 8.47. The van der Waals surface area contributed by atoms with E-state index in [1.165, 1.54) is 4.90 Å². The van der Waals surface area contributed by atoms with Crippen LogP contribution >= 0.6 is 15.9 Å². The zero-order chi connectivity index (χ0) is 17.3. The molecule has 0 bridgehead atoms. The van der Waals surface area contributed by atoms with Gasteiger partial charge < -0.3 is 19.6 Å². The highest BCUT2D eigenvalue weighted by molar-refractivity contribution is 9.10. The van der Waals surface area contributed by atoms with Crippen LogP contribution in [0.5, 0.6) is 0 Å². The van der Waals surface area contributed by atoms with E-state index in [2.05, 4.69) is 15.9 Å². The molecule has 2 aliphatic heterocycles. The molecule has 2 heterocycles. The van der Waals surface area contributed by atoms with Crippen LogP contribution in [0.1, 0.15) is 6.42 Å². The third kappa shape index (κ3) is 3.03. The number of morpholine rings is 1. The maximum absolute atomic E-state index is 12.7. The Balaban J connectivity index is 1.78. The number of anilines is 1. The number of carbonyl (C=O) groups excluding carboxylic acids is 2. The van der Waals surface area contributed by atoms with Crippen molar-refractivity contribution in [2.75, 3.05) is 31.2 Å². The van der Waals surface area contributed by atoms with Gasteiger partial charge in [-0.1, -0.05) is 12.1 Å². The van der Waals surface area contributed by atoms with Crippen LogP contribution in [-0.4, -0.2) is 60.1 Å². The van der Waals surface area contributed by atoms with Crippen LogP contribution in [0.15, 0.2) is 28.7 Å². The molecule has 0 aliphatic carbocycles. The minimum atomic E-state index is -1.11. The number of rotatable bonds is 3. The van der Waals surface area contributed by atoms with Crippen molar-refractivity contribution in [1.29, 1.82) is 0 Å². The number of nitrogens with zero attached hydrogens (tertiary/aromatic N) is 2. The lowest BCUT2D eigenvalue weighted by molar-refractivity contribution is -0.161. The molecular formula is C16H17BrN2O5. The van der Waals surface area contributed by atoms with Crippen LogP contribution in [0.4, 0.5) is 5.69 Å². The van der Waals surface area contributed by atoms with Gasteiger partial charge in [0, 0.05) is 17.6 Å². The minimum Gasteiger partial charge on any atom is -0.480 e. The average Bonchev–Trinajstić information content (AvgIpc) is 2.96. The molecule has 7 nitrogen and oxygen atoms in total. The van der Waals surface area contributed by atoms with Crippen LogP contribution < -0.4 is 4.90 Å². The van der Waals surface area contributed by atoms with Gasteiger partial charge in [-0.05, 0) is 34.5 Å². The van der Waals surface area contributed by atoms with E-state index >= 15 is 0 Å². The number of hydrogen-bond donors (Lipinski definition) is 1. The summed E-state index contributed by atoms with van der Waals surface area (Å²) in [7, 11) is 0. The van der Waals surface area contributed by atoms with Crippen molar-refractivity contribution in [3.05, 3.63) is 28.7 Å². The van der Waals surface area contributed by atoms with E-state index < -0.39 is 23.8 Å². The highest BCUT2D eigenvalue weighted by Crippen LogP contribution is 2.32. The van der Waals surface area contributed by atoms with Crippen LogP contribution in [-0.2, 0) is 19.1 Å². The SMILES string of the molecule is O=C(O)[C@@H]1COCCN1C(=O)[C@H]1CCN(c2ccccc2Br)C1=O. The molecule has 0 radical (unpaired) electrons. The van der Waals surface area contributed by atoms with Crippen molar-refractivity contribution in [2.45, 2.75) is 12.5 Å². The van der Waals surface area contributed by atoms with Crippen molar-refractivity contribution < 1.29 is 24.2 Å². The maximum atomic E-state index is 12.7. The van der Waals surface area contributed by atoms with E-state index in [1.54, 1.807) is 4.90 Å². The molecule has 3 rings (SSSR count). The van der Waals surface area contributed by atoms with Gasteiger partial charge in [-0.25, -0.2) is 4.79 Å². The number of hydrogen-bond acceptors (Lipinski definition) is 4. The quantitative estimate of drug-likeness (QED) is 0.773. The standard InChI is InChI=1S/C16H17BrN2O5/c17-11-3-1-2-4-12(11)18-6-5-10(14(18)20)15(21)19-7-8-24-9-13(19)16(22)23/h1-4,10,13H,5-9H2,(H,22,23)/t10-,13-/m0/s1. The molecule has 2 atom stereocenters. The third-order valence-electron chi connectivity index (χ3n) is 4.34. The van der Waals surface area contributed by atoms with Crippen molar-refractivity contribution in [2.24, 2.45) is 5.92 Å². The molecule has 1 N–H and O–H groups in total. The lowest BCUT2D eigenvalue weighted by Gasteiger charge is -2.34. The predicted octanol–water partition coefficient (Wildman–Crippen LogP) is 1.11. The average molecular weight is 397 g/mol. The smallest absolute Gasteiger partial charge is 0.328 e. The molecule has 2 fully saturated rings. The first-order valence-electron chi connectivity index (χ1n) is 7.67. The van der Waals surface area contributed by atoms with E-state index in [4.69, 9.17) is 4.74 Å². The molecule has 0 unspecified atom stereocenters. The van der Waals surface area contributed by atoms with E-state index in [0.717, 1.165) is 10.2 Å². The van der Waals surface area contributed by atoms with Crippen molar-refractivity contribution in [1.82, 2.24) is 4.90 Å². The lowest BCUT2D eigenvalue weighted by Crippen LogP contribution is -2.55. The Morgan fingerprint density at radius 2 is 2.00 bits per heavy atom. The molecule has 0 spiro atoms. The minimum absolute atomic E-state index is 0.0457. The summed E-state index contributed by atoms with van der Waals surface area (Å²) < 4.78 is 5.92. The molecule has 2 aliphatic rings. The number of carboxylic acid groups (broad SMARTS) is 1. The second-order valence-electron chi connectivity index (χ2n) is 5.74. The molecule has 8 heteroatoms. The van der Waals surface area contributed by atoms with E-state index in [-0.39, 0.29) is 25.7 Å². The number of ether oxygens (including phenoxy) is 1. The Bertz CT molecular complexity index is 680. The summed E-state index contributed by atoms with van der Waals surface area (Å²) in [5, 5.41) is 9.26. The highest BCUT2D eigenvalue weighted by atomic mass is 79.9. The van der Waals surface area contributed by atoms with Gasteiger partial charge in [-0.15, -0.1) is 0 Å². The number of benzene rings is 1. The molecule has 24 heavy (non-hydrogen) atoms. The van der Waals surface area contributed by atoms with Crippen molar-refractivity contribution in [3.63, 3.8) is 0 Å². The summed E-state index contributed by atoms with van der Waals surface area (Å²) in [6.45, 7) is 0.856. The third-order valence-corrected chi connectivity index (χ3v) is 5.01. The molecular weight excluding hydrogens is 380 g/mol. The van der Waals surface area contributed by atoms with Crippen LogP contribution in [0.25, 0.3) is 0 Å².